The van der Waals surface area contributed by atoms with Gasteiger partial charge in [0.1, 0.15) is 0 Å². The highest BCUT2D eigenvalue weighted by molar-refractivity contribution is 4.82. The molecule has 148 valence electrons. The first-order chi connectivity index (χ1) is 12.3. The lowest BCUT2D eigenvalue weighted by Crippen LogP contribution is -2.27. The van der Waals surface area contributed by atoms with Gasteiger partial charge in [0.05, 0.1) is 0 Å². The van der Waals surface area contributed by atoms with Crippen LogP contribution in [0.3, 0.4) is 0 Å². The molecule has 0 bridgehead atoms. The van der Waals surface area contributed by atoms with Gasteiger partial charge in [-0.05, 0) is 62.2 Å². The predicted octanol–water partition coefficient (Wildman–Crippen LogP) is 7.78. The number of methoxy groups -OCH3 is 1. The van der Waals surface area contributed by atoms with Crippen LogP contribution in [0.2, 0.25) is 0 Å². The summed E-state index contributed by atoms with van der Waals surface area (Å²) in [6.45, 7) is 3.30. The van der Waals surface area contributed by atoms with Gasteiger partial charge in [0.2, 0.25) is 0 Å². The lowest BCUT2D eigenvalue weighted by Gasteiger charge is -2.37. The van der Waals surface area contributed by atoms with Crippen molar-refractivity contribution in [1.82, 2.24) is 0 Å². The molecule has 2 saturated carbocycles. The molecule has 0 aromatic carbocycles. The van der Waals surface area contributed by atoms with Crippen LogP contribution in [-0.4, -0.2) is 13.7 Å². The van der Waals surface area contributed by atoms with Crippen molar-refractivity contribution in [2.45, 2.75) is 116 Å². The van der Waals surface area contributed by atoms with E-state index in [4.69, 9.17) is 4.74 Å². The third kappa shape index (κ3) is 8.46. The molecule has 0 unspecified atom stereocenters. The summed E-state index contributed by atoms with van der Waals surface area (Å²) in [6, 6.07) is 0. The Labute approximate surface area is 158 Å². The smallest absolute Gasteiger partial charge is 0.0490 e. The second kappa shape index (κ2) is 13.2. The molecule has 0 aliphatic heterocycles. The largest absolute Gasteiger partial charge is 0.384 e. The van der Waals surface area contributed by atoms with Gasteiger partial charge in [0.25, 0.3) is 0 Å². The topological polar surface area (TPSA) is 9.23 Å². The predicted molar refractivity (Wildman–Crippen MR) is 110 cm³/mol. The van der Waals surface area contributed by atoms with E-state index in [0.29, 0.717) is 0 Å². The summed E-state index contributed by atoms with van der Waals surface area (Å²) >= 11 is 0. The van der Waals surface area contributed by atoms with Gasteiger partial charge in [-0.1, -0.05) is 77.6 Å². The minimum absolute atomic E-state index is 0.861. The number of hydrogen-bond donors (Lipinski definition) is 0. The average Bonchev–Trinajstić information content (AvgIpc) is 2.65. The third-order valence-corrected chi connectivity index (χ3v) is 7.32. The highest BCUT2D eigenvalue weighted by atomic mass is 16.5. The molecule has 0 amide bonds. The van der Waals surface area contributed by atoms with Gasteiger partial charge < -0.3 is 4.74 Å². The van der Waals surface area contributed by atoms with E-state index in [-0.39, 0.29) is 0 Å². The minimum atomic E-state index is 0.861. The van der Waals surface area contributed by atoms with Crippen LogP contribution >= 0.6 is 0 Å². The molecule has 2 aliphatic rings. The number of unbranched alkanes of at least 4 members (excludes halogenated alkanes) is 7. The van der Waals surface area contributed by atoms with E-state index in [1.165, 1.54) is 83.5 Å². The molecule has 2 fully saturated rings. The molecule has 1 heteroatoms. The highest BCUT2D eigenvalue weighted by Crippen LogP contribution is 2.42. The average molecular weight is 351 g/mol. The first-order valence-corrected chi connectivity index (χ1v) is 11.8. The molecular formula is C24H46O. The Balaban J connectivity index is 1.46. The Bertz CT molecular complexity index is 297. The number of rotatable bonds is 12. The molecule has 0 aromatic rings. The lowest BCUT2D eigenvalue weighted by atomic mass is 9.69. The van der Waals surface area contributed by atoms with E-state index >= 15 is 0 Å². The Morgan fingerprint density at radius 2 is 1.08 bits per heavy atom. The van der Waals surface area contributed by atoms with Crippen molar-refractivity contribution in [1.29, 1.82) is 0 Å². The molecular weight excluding hydrogens is 304 g/mol. The zero-order valence-corrected chi connectivity index (χ0v) is 17.4. The van der Waals surface area contributed by atoms with E-state index in [1.807, 2.05) is 7.11 Å². The van der Waals surface area contributed by atoms with Gasteiger partial charge in [0, 0.05) is 13.7 Å². The van der Waals surface area contributed by atoms with E-state index in [2.05, 4.69) is 6.92 Å². The van der Waals surface area contributed by atoms with Crippen molar-refractivity contribution in [3.63, 3.8) is 0 Å². The van der Waals surface area contributed by atoms with Crippen LogP contribution in [0, 0.1) is 23.7 Å². The molecule has 0 aromatic heterocycles. The summed E-state index contributed by atoms with van der Waals surface area (Å²) in [5.41, 5.74) is 0. The van der Waals surface area contributed by atoms with Gasteiger partial charge in [-0.25, -0.2) is 0 Å². The monoisotopic (exact) mass is 350 g/mol. The molecule has 2 rings (SSSR count). The first kappa shape index (κ1) is 21.3. The second-order valence-electron chi connectivity index (χ2n) is 9.28. The molecule has 0 saturated heterocycles. The van der Waals surface area contributed by atoms with Crippen LogP contribution in [0.15, 0.2) is 0 Å². The van der Waals surface area contributed by atoms with Crippen LogP contribution in [0.5, 0.6) is 0 Å². The number of ether oxygens (including phenoxy) is 1. The zero-order valence-electron chi connectivity index (χ0n) is 17.4. The minimum Gasteiger partial charge on any atom is -0.384 e. The number of hydrogen-bond acceptors (Lipinski definition) is 1. The fourth-order valence-electron chi connectivity index (χ4n) is 5.58. The maximum atomic E-state index is 5.36. The summed E-state index contributed by atoms with van der Waals surface area (Å²) in [5.74, 6) is 4.05. The van der Waals surface area contributed by atoms with Crippen molar-refractivity contribution in [2.75, 3.05) is 13.7 Å². The summed E-state index contributed by atoms with van der Waals surface area (Å²) < 4.78 is 5.36. The van der Waals surface area contributed by atoms with E-state index in [0.717, 1.165) is 30.3 Å². The molecule has 2 aliphatic carbocycles. The maximum absolute atomic E-state index is 5.36. The summed E-state index contributed by atoms with van der Waals surface area (Å²) in [4.78, 5) is 0. The molecule has 25 heavy (non-hydrogen) atoms. The van der Waals surface area contributed by atoms with Gasteiger partial charge in [-0.2, -0.15) is 0 Å². The lowest BCUT2D eigenvalue weighted by molar-refractivity contribution is 0.0925. The van der Waals surface area contributed by atoms with E-state index < -0.39 is 0 Å². The molecule has 1 nitrogen and oxygen atoms in total. The van der Waals surface area contributed by atoms with E-state index in [1.54, 1.807) is 25.7 Å². The van der Waals surface area contributed by atoms with Crippen molar-refractivity contribution in [3.05, 3.63) is 0 Å². The Morgan fingerprint density at radius 1 is 0.600 bits per heavy atom. The van der Waals surface area contributed by atoms with Crippen molar-refractivity contribution in [3.8, 4) is 0 Å². The zero-order chi connectivity index (χ0) is 17.7. The van der Waals surface area contributed by atoms with Gasteiger partial charge >= 0.3 is 0 Å². The molecule has 0 heterocycles. The maximum Gasteiger partial charge on any atom is 0.0490 e. The summed E-state index contributed by atoms with van der Waals surface area (Å²) in [7, 11) is 1.86. The SMILES string of the molecule is CCCCCCCCCC[C@H]1CC[C@H]([C@H]2CC[C@H](COC)CC2)CC1. The van der Waals surface area contributed by atoms with Gasteiger partial charge in [-0.3, -0.25) is 0 Å². The van der Waals surface area contributed by atoms with Crippen LogP contribution in [0.25, 0.3) is 0 Å². The Hall–Kier alpha value is -0.0400. The summed E-state index contributed by atoms with van der Waals surface area (Å²) in [6.07, 6.45) is 25.3. The third-order valence-electron chi connectivity index (χ3n) is 7.32. The van der Waals surface area contributed by atoms with Crippen molar-refractivity contribution in [2.24, 2.45) is 23.7 Å². The Morgan fingerprint density at radius 3 is 1.60 bits per heavy atom. The van der Waals surface area contributed by atoms with Gasteiger partial charge in [0.15, 0.2) is 0 Å². The Kier molecular flexibility index (Phi) is 11.2. The van der Waals surface area contributed by atoms with Gasteiger partial charge in [-0.15, -0.1) is 0 Å². The van der Waals surface area contributed by atoms with Crippen LogP contribution < -0.4 is 0 Å². The standard InChI is InChI=1S/C24H46O/c1-3-4-5-6-7-8-9-10-11-21-12-16-23(17-13-21)24-18-14-22(15-19-24)20-25-2/h21-24H,3-20H2,1-2H3/t21-,22-,23-,24-. The van der Waals surface area contributed by atoms with Crippen LogP contribution in [0.4, 0.5) is 0 Å². The molecule has 0 N–H and O–H groups in total. The molecule has 0 atom stereocenters. The van der Waals surface area contributed by atoms with Crippen LogP contribution in [-0.2, 0) is 4.74 Å². The first-order valence-electron chi connectivity index (χ1n) is 11.8. The molecule has 0 spiro atoms. The second-order valence-corrected chi connectivity index (χ2v) is 9.28. The van der Waals surface area contributed by atoms with Crippen molar-refractivity contribution < 1.29 is 4.74 Å². The fraction of sp³-hybridized carbons (Fsp3) is 1.00. The normalized spacial score (nSPS) is 30.5. The quantitative estimate of drug-likeness (QED) is 0.326. The highest BCUT2D eigenvalue weighted by Gasteiger charge is 2.30. The van der Waals surface area contributed by atoms with Crippen LogP contribution in [0.1, 0.15) is 116 Å². The van der Waals surface area contributed by atoms with E-state index in [9.17, 15) is 0 Å². The van der Waals surface area contributed by atoms with Crippen molar-refractivity contribution >= 4 is 0 Å². The fourth-order valence-corrected chi connectivity index (χ4v) is 5.58. The summed E-state index contributed by atoms with van der Waals surface area (Å²) in [5, 5.41) is 0. The molecule has 0 radical (unpaired) electrons.